The van der Waals surface area contributed by atoms with E-state index in [4.69, 9.17) is 0 Å². The van der Waals surface area contributed by atoms with Gasteiger partial charge < -0.3 is 10.6 Å². The highest BCUT2D eigenvalue weighted by Crippen LogP contribution is 2.16. The van der Waals surface area contributed by atoms with Crippen LogP contribution in [0, 0.1) is 23.3 Å². The van der Waals surface area contributed by atoms with Crippen LogP contribution in [-0.2, 0) is 13.1 Å². The summed E-state index contributed by atoms with van der Waals surface area (Å²) in [5.41, 5.74) is 0.971. The quantitative estimate of drug-likeness (QED) is 0.451. The zero-order chi connectivity index (χ0) is 20.8. The zero-order valence-electron chi connectivity index (χ0n) is 16.2. The number of aliphatic imine (C=N–C) groups is 1. The molecule has 3 rings (SSSR count). The molecule has 2 aromatic rings. The molecule has 0 atom stereocenters. The van der Waals surface area contributed by atoms with Crippen LogP contribution in [0.3, 0.4) is 0 Å². The minimum absolute atomic E-state index is 0.123. The number of likely N-dealkylation sites (tertiary alicyclic amines) is 1. The molecule has 8 heteroatoms. The highest BCUT2D eigenvalue weighted by Gasteiger charge is 2.20. The second-order valence-corrected chi connectivity index (χ2v) is 7.10. The first-order valence-electron chi connectivity index (χ1n) is 9.52. The maximum absolute atomic E-state index is 13.7. The predicted octanol–water partition coefficient (Wildman–Crippen LogP) is 3.57. The van der Waals surface area contributed by atoms with Crippen molar-refractivity contribution in [3.63, 3.8) is 0 Å². The van der Waals surface area contributed by atoms with E-state index in [1.54, 1.807) is 13.1 Å². The lowest BCUT2D eigenvalue weighted by atomic mass is 10.0. The predicted molar refractivity (Wildman–Crippen MR) is 104 cm³/mol. The molecule has 0 aliphatic carbocycles. The van der Waals surface area contributed by atoms with Crippen molar-refractivity contribution in [3.05, 3.63) is 70.8 Å². The Morgan fingerprint density at radius 2 is 1.72 bits per heavy atom. The van der Waals surface area contributed by atoms with Crippen molar-refractivity contribution in [1.82, 2.24) is 15.5 Å². The van der Waals surface area contributed by atoms with Gasteiger partial charge in [0.25, 0.3) is 0 Å². The topological polar surface area (TPSA) is 39.7 Å². The molecule has 0 unspecified atom stereocenters. The van der Waals surface area contributed by atoms with E-state index in [1.165, 1.54) is 6.07 Å². The van der Waals surface area contributed by atoms with Crippen LogP contribution >= 0.6 is 0 Å². The summed E-state index contributed by atoms with van der Waals surface area (Å²) in [5, 5.41) is 6.30. The molecule has 1 aliphatic heterocycles. The van der Waals surface area contributed by atoms with Crippen LogP contribution in [0.5, 0.6) is 0 Å². The zero-order valence-corrected chi connectivity index (χ0v) is 16.2. The summed E-state index contributed by atoms with van der Waals surface area (Å²) >= 11 is 0. The molecular formula is C21H24F4N4. The molecule has 0 bridgehead atoms. The summed E-state index contributed by atoms with van der Waals surface area (Å²) in [6, 6.07) is 7.50. The summed E-state index contributed by atoms with van der Waals surface area (Å²) in [4.78, 5) is 6.33. The summed E-state index contributed by atoms with van der Waals surface area (Å²) in [5.74, 6) is -2.11. The van der Waals surface area contributed by atoms with Crippen LogP contribution in [0.1, 0.15) is 24.0 Å². The van der Waals surface area contributed by atoms with Gasteiger partial charge in [-0.2, -0.15) is 0 Å². The van der Waals surface area contributed by atoms with Gasteiger partial charge in [0.1, 0.15) is 11.6 Å². The lowest BCUT2D eigenvalue weighted by Gasteiger charge is -2.33. The molecule has 29 heavy (non-hydrogen) atoms. The van der Waals surface area contributed by atoms with Crippen LogP contribution in [0.4, 0.5) is 17.6 Å². The number of halogens is 4. The van der Waals surface area contributed by atoms with Gasteiger partial charge in [0.05, 0.1) is 0 Å². The lowest BCUT2D eigenvalue weighted by Crippen LogP contribution is -2.48. The molecule has 0 saturated carbocycles. The molecule has 1 heterocycles. The summed E-state index contributed by atoms with van der Waals surface area (Å²) in [6.45, 7) is 2.28. The third-order valence-electron chi connectivity index (χ3n) is 5.00. The molecule has 2 N–H and O–H groups in total. The summed E-state index contributed by atoms with van der Waals surface area (Å²) in [7, 11) is 1.62. The van der Waals surface area contributed by atoms with Crippen molar-refractivity contribution in [2.45, 2.75) is 32.0 Å². The molecule has 0 radical (unpaired) electrons. The van der Waals surface area contributed by atoms with Gasteiger partial charge in [-0.25, -0.2) is 17.6 Å². The third kappa shape index (κ3) is 5.93. The van der Waals surface area contributed by atoms with Gasteiger partial charge in [0.2, 0.25) is 0 Å². The second kappa shape index (κ2) is 9.73. The average Bonchev–Trinajstić information content (AvgIpc) is 2.71. The van der Waals surface area contributed by atoms with E-state index in [1.807, 2.05) is 0 Å². The largest absolute Gasteiger partial charge is 0.354 e. The Balaban J connectivity index is 1.46. The Bertz CT molecular complexity index is 864. The number of benzene rings is 2. The van der Waals surface area contributed by atoms with Crippen molar-refractivity contribution < 1.29 is 17.6 Å². The van der Waals surface area contributed by atoms with Gasteiger partial charge in [-0.15, -0.1) is 0 Å². The number of hydrogen-bond acceptors (Lipinski definition) is 2. The number of rotatable bonds is 5. The highest BCUT2D eigenvalue weighted by atomic mass is 19.2. The van der Waals surface area contributed by atoms with Crippen molar-refractivity contribution >= 4 is 5.96 Å². The van der Waals surface area contributed by atoms with Gasteiger partial charge in [0.15, 0.2) is 17.6 Å². The van der Waals surface area contributed by atoms with Crippen molar-refractivity contribution in [2.24, 2.45) is 4.99 Å². The standard InChI is InChI=1S/C21H24F4N4/c1-26-21(27-12-15-11-16(22)3-5-18(15)23)28-17-6-8-29(9-7-17)13-14-2-4-19(24)20(25)10-14/h2-5,10-11,17H,6-9,12-13H2,1H3,(H2,26,27,28). The molecule has 156 valence electrons. The highest BCUT2D eigenvalue weighted by molar-refractivity contribution is 5.79. The van der Waals surface area contributed by atoms with Crippen LogP contribution in [-0.4, -0.2) is 37.0 Å². The Labute approximate surface area is 167 Å². The normalized spacial score (nSPS) is 16.1. The lowest BCUT2D eigenvalue weighted by molar-refractivity contribution is 0.198. The Kier molecular flexibility index (Phi) is 7.09. The molecule has 0 spiro atoms. The van der Waals surface area contributed by atoms with Gasteiger partial charge in [-0.3, -0.25) is 9.89 Å². The Morgan fingerprint density at radius 1 is 1.00 bits per heavy atom. The fraction of sp³-hybridized carbons (Fsp3) is 0.381. The van der Waals surface area contributed by atoms with Crippen LogP contribution in [0.15, 0.2) is 41.4 Å². The minimum atomic E-state index is -0.839. The molecule has 2 aromatic carbocycles. The number of piperidine rings is 1. The SMILES string of the molecule is CN=C(NCc1cc(F)ccc1F)NC1CCN(Cc2ccc(F)c(F)c2)CC1. The number of guanidine groups is 1. The number of nitrogens with zero attached hydrogens (tertiary/aromatic N) is 2. The molecule has 4 nitrogen and oxygen atoms in total. The Morgan fingerprint density at radius 3 is 2.41 bits per heavy atom. The van der Waals surface area contributed by atoms with Gasteiger partial charge in [-0.05, 0) is 48.7 Å². The van der Waals surface area contributed by atoms with E-state index in [2.05, 4.69) is 20.5 Å². The Hall–Kier alpha value is -2.61. The van der Waals surface area contributed by atoms with Crippen LogP contribution in [0.2, 0.25) is 0 Å². The van der Waals surface area contributed by atoms with Crippen LogP contribution in [0.25, 0.3) is 0 Å². The van der Waals surface area contributed by atoms with E-state index < -0.39 is 23.3 Å². The van der Waals surface area contributed by atoms with Gasteiger partial charge in [-0.1, -0.05) is 6.07 Å². The molecular weight excluding hydrogens is 384 g/mol. The van der Waals surface area contributed by atoms with Crippen molar-refractivity contribution in [2.75, 3.05) is 20.1 Å². The fourth-order valence-corrected chi connectivity index (χ4v) is 3.38. The van der Waals surface area contributed by atoms with E-state index >= 15 is 0 Å². The number of nitrogens with one attached hydrogen (secondary N) is 2. The molecule has 0 aromatic heterocycles. The fourth-order valence-electron chi connectivity index (χ4n) is 3.38. The van der Waals surface area contributed by atoms with Gasteiger partial charge >= 0.3 is 0 Å². The van der Waals surface area contributed by atoms with Crippen molar-refractivity contribution in [3.8, 4) is 0 Å². The molecule has 1 fully saturated rings. The van der Waals surface area contributed by atoms with Crippen LogP contribution < -0.4 is 10.6 Å². The maximum Gasteiger partial charge on any atom is 0.191 e. The monoisotopic (exact) mass is 408 g/mol. The van der Waals surface area contributed by atoms with Crippen molar-refractivity contribution in [1.29, 1.82) is 0 Å². The van der Waals surface area contributed by atoms with Gasteiger partial charge in [0, 0.05) is 44.8 Å². The van der Waals surface area contributed by atoms with E-state index in [0.717, 1.165) is 55.8 Å². The summed E-state index contributed by atoms with van der Waals surface area (Å²) < 4.78 is 53.4. The third-order valence-corrected chi connectivity index (χ3v) is 5.00. The first-order chi connectivity index (χ1) is 13.9. The molecule has 0 amide bonds. The minimum Gasteiger partial charge on any atom is -0.354 e. The smallest absolute Gasteiger partial charge is 0.191 e. The molecule has 1 saturated heterocycles. The average molecular weight is 408 g/mol. The number of hydrogen-bond donors (Lipinski definition) is 2. The second-order valence-electron chi connectivity index (χ2n) is 7.10. The summed E-state index contributed by atoms with van der Waals surface area (Å²) in [6.07, 6.45) is 1.69. The van der Waals surface area contributed by atoms with E-state index in [0.29, 0.717) is 12.5 Å². The first-order valence-corrected chi connectivity index (χ1v) is 9.52. The first kappa shape index (κ1) is 21.1. The van der Waals surface area contributed by atoms with E-state index in [9.17, 15) is 17.6 Å². The van der Waals surface area contributed by atoms with E-state index in [-0.39, 0.29) is 18.2 Å². The maximum atomic E-state index is 13.7. The molecule has 1 aliphatic rings.